The van der Waals surface area contributed by atoms with Gasteiger partial charge >= 0.3 is 6.03 Å². The molecule has 124 valence electrons. The van der Waals surface area contributed by atoms with Gasteiger partial charge in [0.25, 0.3) is 5.91 Å². The van der Waals surface area contributed by atoms with E-state index < -0.39 is 17.5 Å². The molecule has 6 nitrogen and oxygen atoms in total. The molecule has 23 heavy (non-hydrogen) atoms. The van der Waals surface area contributed by atoms with Gasteiger partial charge in [0.15, 0.2) is 0 Å². The molecule has 0 saturated carbocycles. The quantitative estimate of drug-likeness (QED) is 0.769. The van der Waals surface area contributed by atoms with Crippen LogP contribution < -0.4 is 10.6 Å². The Morgan fingerprint density at radius 2 is 1.96 bits per heavy atom. The molecule has 4 amide bonds. The smallest absolute Gasteiger partial charge is 0.323 e. The first kappa shape index (κ1) is 17.5. The zero-order valence-corrected chi connectivity index (χ0v) is 15.0. The molecule has 1 aromatic carbocycles. The van der Waals surface area contributed by atoms with E-state index in [1.807, 2.05) is 32.9 Å². The summed E-state index contributed by atoms with van der Waals surface area (Å²) in [6.45, 7) is 5.33. The van der Waals surface area contributed by atoms with Crippen LogP contribution in [0.4, 0.5) is 10.5 Å². The predicted molar refractivity (Wildman–Crippen MR) is 91.1 cm³/mol. The highest BCUT2D eigenvalue weighted by Gasteiger charge is 2.49. The second kappa shape index (κ2) is 6.70. The number of imide groups is 1. The fourth-order valence-corrected chi connectivity index (χ4v) is 3.20. The van der Waals surface area contributed by atoms with Crippen LogP contribution in [0.15, 0.2) is 22.7 Å². The van der Waals surface area contributed by atoms with E-state index in [0.29, 0.717) is 18.5 Å². The monoisotopic (exact) mass is 381 g/mol. The lowest BCUT2D eigenvalue weighted by atomic mass is 9.93. The van der Waals surface area contributed by atoms with Gasteiger partial charge in [-0.2, -0.15) is 0 Å². The zero-order chi connectivity index (χ0) is 17.2. The van der Waals surface area contributed by atoms with Crippen LogP contribution in [0.3, 0.4) is 0 Å². The third-order valence-electron chi connectivity index (χ3n) is 4.15. The maximum absolute atomic E-state index is 12.5. The Bertz CT molecular complexity index is 656. The molecule has 1 saturated heterocycles. The van der Waals surface area contributed by atoms with E-state index in [4.69, 9.17) is 0 Å². The van der Waals surface area contributed by atoms with Gasteiger partial charge in [-0.1, -0.05) is 19.9 Å². The number of carbonyl (C=O) groups is 3. The number of amides is 4. The molecule has 0 atom stereocenters. The van der Waals surface area contributed by atoms with Crippen molar-refractivity contribution in [1.82, 2.24) is 10.2 Å². The minimum Gasteiger partial charge on any atom is -0.323 e. The lowest BCUT2D eigenvalue weighted by molar-refractivity contribution is -0.134. The fourth-order valence-electron chi connectivity index (χ4n) is 2.60. The van der Waals surface area contributed by atoms with Gasteiger partial charge in [0.1, 0.15) is 12.1 Å². The van der Waals surface area contributed by atoms with Crippen molar-refractivity contribution in [3.05, 3.63) is 28.2 Å². The summed E-state index contributed by atoms with van der Waals surface area (Å²) in [5, 5.41) is 5.41. The predicted octanol–water partition coefficient (Wildman–Crippen LogP) is 2.81. The summed E-state index contributed by atoms with van der Waals surface area (Å²) in [5.41, 5.74) is 0.770. The van der Waals surface area contributed by atoms with Gasteiger partial charge in [-0.05, 0) is 53.4 Å². The summed E-state index contributed by atoms with van der Waals surface area (Å²) in [6.07, 6.45) is 0.991. The van der Waals surface area contributed by atoms with Crippen LogP contribution in [0.1, 0.15) is 32.3 Å². The maximum Gasteiger partial charge on any atom is 0.325 e. The Morgan fingerprint density at radius 1 is 1.30 bits per heavy atom. The van der Waals surface area contributed by atoms with Crippen molar-refractivity contribution in [1.29, 1.82) is 0 Å². The molecule has 0 aliphatic carbocycles. The second-order valence-electron chi connectivity index (χ2n) is 5.64. The van der Waals surface area contributed by atoms with E-state index in [-0.39, 0.29) is 12.5 Å². The maximum atomic E-state index is 12.5. The van der Waals surface area contributed by atoms with Gasteiger partial charge in [-0.15, -0.1) is 0 Å². The molecule has 1 aromatic rings. The number of urea groups is 1. The van der Waals surface area contributed by atoms with Gasteiger partial charge < -0.3 is 10.6 Å². The molecular formula is C16H20BrN3O3. The van der Waals surface area contributed by atoms with E-state index in [1.165, 1.54) is 0 Å². The molecule has 1 aliphatic heterocycles. The Kier molecular flexibility index (Phi) is 5.09. The molecule has 0 bridgehead atoms. The molecule has 1 fully saturated rings. The van der Waals surface area contributed by atoms with Gasteiger partial charge in [-0.3, -0.25) is 14.5 Å². The van der Waals surface area contributed by atoms with Gasteiger partial charge in [-0.25, -0.2) is 4.79 Å². The molecule has 0 aromatic heterocycles. The molecule has 2 N–H and O–H groups in total. The second-order valence-corrected chi connectivity index (χ2v) is 6.50. The normalized spacial score (nSPS) is 16.4. The summed E-state index contributed by atoms with van der Waals surface area (Å²) in [7, 11) is 0. The fraction of sp³-hybridized carbons (Fsp3) is 0.438. The number of carbonyl (C=O) groups excluding carboxylic acids is 3. The van der Waals surface area contributed by atoms with Crippen LogP contribution in [-0.4, -0.2) is 34.8 Å². The molecule has 0 radical (unpaired) electrons. The van der Waals surface area contributed by atoms with Crippen molar-refractivity contribution in [3.8, 4) is 0 Å². The highest BCUT2D eigenvalue weighted by molar-refractivity contribution is 9.10. The highest BCUT2D eigenvalue weighted by atomic mass is 79.9. The van der Waals surface area contributed by atoms with Crippen molar-refractivity contribution >= 4 is 39.5 Å². The number of benzene rings is 1. The average Bonchev–Trinajstić information content (AvgIpc) is 2.75. The Labute approximate surface area is 143 Å². The standard InChI is InChI=1S/C16H20BrN3O3/c1-4-16(5-2)14(22)20(15(23)19-16)9-13(21)18-12-7-6-10(3)8-11(12)17/h6-8H,4-5,9H2,1-3H3,(H,18,21)(H,19,23). The Morgan fingerprint density at radius 3 is 2.48 bits per heavy atom. The number of anilines is 1. The number of hydrogen-bond donors (Lipinski definition) is 2. The largest absolute Gasteiger partial charge is 0.325 e. The molecule has 1 heterocycles. The van der Waals surface area contributed by atoms with Crippen molar-refractivity contribution in [2.75, 3.05) is 11.9 Å². The average molecular weight is 382 g/mol. The number of rotatable bonds is 5. The lowest BCUT2D eigenvalue weighted by Crippen LogP contribution is -2.46. The van der Waals surface area contributed by atoms with Gasteiger partial charge in [0, 0.05) is 4.47 Å². The van der Waals surface area contributed by atoms with Gasteiger partial charge in [0.2, 0.25) is 5.91 Å². The minimum absolute atomic E-state index is 0.299. The Hall–Kier alpha value is -1.89. The third kappa shape index (κ3) is 3.39. The van der Waals surface area contributed by atoms with Crippen molar-refractivity contribution < 1.29 is 14.4 Å². The first-order valence-electron chi connectivity index (χ1n) is 7.53. The SMILES string of the molecule is CCC1(CC)NC(=O)N(CC(=O)Nc2ccc(C)cc2Br)C1=O. The number of hydrogen-bond acceptors (Lipinski definition) is 3. The zero-order valence-electron chi connectivity index (χ0n) is 13.4. The van der Waals surface area contributed by atoms with Crippen molar-refractivity contribution in [2.24, 2.45) is 0 Å². The van der Waals surface area contributed by atoms with E-state index in [2.05, 4.69) is 26.6 Å². The van der Waals surface area contributed by atoms with Crippen LogP contribution >= 0.6 is 15.9 Å². The summed E-state index contributed by atoms with van der Waals surface area (Å²) in [4.78, 5) is 37.6. The van der Waals surface area contributed by atoms with Crippen molar-refractivity contribution in [2.45, 2.75) is 39.2 Å². The molecule has 2 rings (SSSR count). The number of halogens is 1. The molecular weight excluding hydrogens is 362 g/mol. The minimum atomic E-state index is -0.887. The van der Waals surface area contributed by atoms with Gasteiger partial charge in [0.05, 0.1) is 5.69 Å². The topological polar surface area (TPSA) is 78.5 Å². The number of aryl methyl sites for hydroxylation is 1. The summed E-state index contributed by atoms with van der Waals surface area (Å²) in [6, 6.07) is 5.00. The molecule has 1 aliphatic rings. The van der Waals surface area contributed by atoms with E-state index in [9.17, 15) is 14.4 Å². The van der Waals surface area contributed by atoms with Crippen LogP contribution in [0.2, 0.25) is 0 Å². The summed E-state index contributed by atoms with van der Waals surface area (Å²) < 4.78 is 0.750. The first-order chi connectivity index (χ1) is 10.8. The van der Waals surface area contributed by atoms with E-state index >= 15 is 0 Å². The highest BCUT2D eigenvalue weighted by Crippen LogP contribution is 2.26. The van der Waals surface area contributed by atoms with Crippen molar-refractivity contribution in [3.63, 3.8) is 0 Å². The van der Waals surface area contributed by atoms with Crippen LogP contribution in [0, 0.1) is 6.92 Å². The van der Waals surface area contributed by atoms with E-state index in [0.717, 1.165) is 14.9 Å². The molecule has 0 unspecified atom stereocenters. The number of nitrogens with one attached hydrogen (secondary N) is 2. The molecule has 7 heteroatoms. The van der Waals surface area contributed by atoms with E-state index in [1.54, 1.807) is 6.07 Å². The first-order valence-corrected chi connectivity index (χ1v) is 8.32. The molecule has 0 spiro atoms. The summed E-state index contributed by atoms with van der Waals surface area (Å²) in [5.74, 6) is -0.758. The van der Waals surface area contributed by atoms with Crippen LogP contribution in [-0.2, 0) is 9.59 Å². The Balaban J connectivity index is 2.08. The summed E-state index contributed by atoms with van der Waals surface area (Å²) >= 11 is 3.38. The van der Waals surface area contributed by atoms with Crippen LogP contribution in [0.25, 0.3) is 0 Å². The third-order valence-corrected chi connectivity index (χ3v) is 4.81. The number of nitrogens with zero attached hydrogens (tertiary/aromatic N) is 1. The van der Waals surface area contributed by atoms with Crippen LogP contribution in [0.5, 0.6) is 0 Å². The lowest BCUT2D eigenvalue weighted by Gasteiger charge is -2.23.